The smallest absolute Gasteiger partial charge is 0.137 e. The number of aliphatic imine (C=N–C) groups is 1. The molecule has 1 N–H and O–H groups in total. The number of nitrogens with one attached hydrogen (secondary N) is 1. The van der Waals surface area contributed by atoms with Gasteiger partial charge in [0.2, 0.25) is 0 Å². The second-order valence-electron chi connectivity index (χ2n) is 5.10. The molecule has 0 spiro atoms. The number of rotatable bonds is 1. The molecule has 1 aromatic carbocycles. The van der Waals surface area contributed by atoms with Crippen LogP contribution in [0.1, 0.15) is 24.8 Å². The molecular formula is C16H13BrFN3. The Morgan fingerprint density at radius 1 is 1.48 bits per heavy atom. The van der Waals surface area contributed by atoms with Crippen LogP contribution < -0.4 is 5.32 Å². The van der Waals surface area contributed by atoms with E-state index in [1.165, 1.54) is 6.07 Å². The minimum Gasteiger partial charge on any atom is -0.361 e. The van der Waals surface area contributed by atoms with E-state index in [2.05, 4.69) is 32.3 Å². The van der Waals surface area contributed by atoms with Crippen molar-refractivity contribution in [2.75, 3.05) is 6.54 Å². The van der Waals surface area contributed by atoms with E-state index in [9.17, 15) is 9.65 Å². The molecule has 0 aromatic heterocycles. The highest BCUT2D eigenvalue weighted by molar-refractivity contribution is 9.10. The number of allylic oxidation sites excluding steroid dienone is 3. The zero-order valence-corrected chi connectivity index (χ0v) is 13.0. The van der Waals surface area contributed by atoms with Crippen molar-refractivity contribution in [3.8, 4) is 6.07 Å². The normalized spacial score (nSPS) is 21.0. The molecular weight excluding hydrogens is 333 g/mol. The molecule has 0 saturated heterocycles. The van der Waals surface area contributed by atoms with Gasteiger partial charge in [-0.2, -0.15) is 5.26 Å². The summed E-state index contributed by atoms with van der Waals surface area (Å²) in [5.74, 6) is -0.495. The van der Waals surface area contributed by atoms with Crippen molar-refractivity contribution in [3.63, 3.8) is 0 Å². The summed E-state index contributed by atoms with van der Waals surface area (Å²) in [6, 6.07) is 7.17. The number of nitriles is 1. The minimum atomic E-state index is -0.307. The fraction of sp³-hybridized carbons (Fsp3) is 0.250. The van der Waals surface area contributed by atoms with E-state index in [0.29, 0.717) is 10.0 Å². The van der Waals surface area contributed by atoms with Gasteiger partial charge in [0.25, 0.3) is 0 Å². The molecule has 0 bridgehead atoms. The van der Waals surface area contributed by atoms with Gasteiger partial charge in [0.05, 0.1) is 16.1 Å². The number of nitrogens with zero attached hydrogens (tertiary/aromatic N) is 2. The number of hydrogen-bond donors (Lipinski definition) is 1. The van der Waals surface area contributed by atoms with Crippen LogP contribution >= 0.6 is 15.9 Å². The summed E-state index contributed by atoms with van der Waals surface area (Å²) in [4.78, 5) is 4.33. The van der Waals surface area contributed by atoms with Gasteiger partial charge in [0, 0.05) is 42.1 Å². The topological polar surface area (TPSA) is 48.2 Å². The molecule has 0 aliphatic carbocycles. The molecule has 2 heterocycles. The van der Waals surface area contributed by atoms with Crippen molar-refractivity contribution in [1.82, 2.24) is 5.32 Å². The predicted octanol–water partition coefficient (Wildman–Crippen LogP) is 3.80. The summed E-state index contributed by atoms with van der Waals surface area (Å²) in [6.07, 6.45) is 2.66. The maximum absolute atomic E-state index is 13.5. The summed E-state index contributed by atoms with van der Waals surface area (Å²) in [5, 5.41) is 12.8. The zero-order chi connectivity index (χ0) is 15.0. The van der Waals surface area contributed by atoms with E-state index in [1.807, 2.05) is 13.1 Å². The van der Waals surface area contributed by atoms with E-state index in [4.69, 9.17) is 0 Å². The van der Waals surface area contributed by atoms with Crippen LogP contribution in [-0.4, -0.2) is 12.8 Å². The molecule has 1 atom stereocenters. The molecule has 0 amide bonds. The first-order chi connectivity index (χ1) is 10.1. The molecule has 0 saturated carbocycles. The van der Waals surface area contributed by atoms with Crippen LogP contribution in [0.3, 0.4) is 0 Å². The molecule has 0 fully saturated rings. The van der Waals surface area contributed by atoms with Gasteiger partial charge in [-0.15, -0.1) is 0 Å². The van der Waals surface area contributed by atoms with Crippen molar-refractivity contribution in [2.24, 2.45) is 4.99 Å². The Labute approximate surface area is 131 Å². The largest absolute Gasteiger partial charge is 0.361 e. The molecule has 21 heavy (non-hydrogen) atoms. The molecule has 1 unspecified atom stereocenters. The Morgan fingerprint density at radius 2 is 2.29 bits per heavy atom. The Morgan fingerprint density at radius 3 is 3.00 bits per heavy atom. The summed E-state index contributed by atoms with van der Waals surface area (Å²) in [6.45, 7) is 2.65. The third-order valence-electron chi connectivity index (χ3n) is 3.81. The van der Waals surface area contributed by atoms with Gasteiger partial charge >= 0.3 is 0 Å². The maximum atomic E-state index is 13.5. The molecule has 3 nitrogen and oxygen atoms in total. The summed E-state index contributed by atoms with van der Waals surface area (Å²) in [5.41, 5.74) is 4.51. The van der Waals surface area contributed by atoms with Crippen LogP contribution in [0, 0.1) is 17.1 Å². The Balaban J connectivity index is 2.17. The molecule has 5 heteroatoms. The fourth-order valence-electron chi connectivity index (χ4n) is 2.80. The quantitative estimate of drug-likeness (QED) is 0.841. The highest BCUT2D eigenvalue weighted by Crippen LogP contribution is 2.39. The first-order valence-electron chi connectivity index (χ1n) is 6.67. The highest BCUT2D eigenvalue weighted by Gasteiger charge is 2.30. The van der Waals surface area contributed by atoms with Crippen molar-refractivity contribution in [1.29, 1.82) is 5.26 Å². The van der Waals surface area contributed by atoms with Crippen LogP contribution in [0.5, 0.6) is 0 Å². The van der Waals surface area contributed by atoms with E-state index >= 15 is 0 Å². The Bertz CT molecular complexity index is 740. The zero-order valence-electron chi connectivity index (χ0n) is 11.5. The average Bonchev–Trinajstić information content (AvgIpc) is 2.48. The van der Waals surface area contributed by atoms with E-state index < -0.39 is 0 Å². The van der Waals surface area contributed by atoms with Crippen molar-refractivity contribution in [2.45, 2.75) is 19.3 Å². The SMILES string of the molecule is CC1=C(C#N)C(c2ccc(F)c(Br)c2)C2=C(CCN=C2)N1. The van der Waals surface area contributed by atoms with Crippen molar-refractivity contribution >= 4 is 22.1 Å². The lowest BCUT2D eigenvalue weighted by Crippen LogP contribution is -2.28. The van der Waals surface area contributed by atoms with Gasteiger partial charge in [-0.25, -0.2) is 4.39 Å². The minimum absolute atomic E-state index is 0.188. The standard InChI is InChI=1S/C16H13BrFN3/c1-9-11(7-19)16(10-2-3-14(18)13(17)6-10)12-8-20-5-4-15(12)21-9/h2-3,6,8,16,21H,4-5H2,1H3. The van der Waals surface area contributed by atoms with Crippen LogP contribution in [0.25, 0.3) is 0 Å². The highest BCUT2D eigenvalue weighted by atomic mass is 79.9. The molecule has 0 radical (unpaired) electrons. The molecule has 1 aromatic rings. The summed E-state index contributed by atoms with van der Waals surface area (Å²) < 4.78 is 13.9. The van der Waals surface area contributed by atoms with E-state index in [1.54, 1.807) is 12.1 Å². The molecule has 2 aliphatic rings. The van der Waals surface area contributed by atoms with Gasteiger partial charge in [0.15, 0.2) is 0 Å². The molecule has 2 aliphatic heterocycles. The molecule has 106 valence electrons. The first kappa shape index (κ1) is 14.0. The van der Waals surface area contributed by atoms with Crippen LogP contribution in [-0.2, 0) is 0 Å². The first-order valence-corrected chi connectivity index (χ1v) is 7.47. The van der Waals surface area contributed by atoms with Crippen molar-refractivity contribution in [3.05, 3.63) is 56.6 Å². The van der Waals surface area contributed by atoms with Gasteiger partial charge in [0.1, 0.15) is 5.82 Å². The van der Waals surface area contributed by atoms with Gasteiger partial charge in [-0.1, -0.05) is 6.07 Å². The predicted molar refractivity (Wildman–Crippen MR) is 83.3 cm³/mol. The average molecular weight is 346 g/mol. The van der Waals surface area contributed by atoms with Gasteiger partial charge in [-0.3, -0.25) is 4.99 Å². The Kier molecular flexibility index (Phi) is 3.64. The molecule has 3 rings (SSSR count). The summed E-state index contributed by atoms with van der Waals surface area (Å²) in [7, 11) is 0. The second kappa shape index (κ2) is 5.45. The lowest BCUT2D eigenvalue weighted by Gasteiger charge is -2.30. The lowest BCUT2D eigenvalue weighted by atomic mass is 9.80. The fourth-order valence-corrected chi connectivity index (χ4v) is 3.19. The van der Waals surface area contributed by atoms with Crippen LogP contribution in [0.2, 0.25) is 0 Å². The number of dihydropyridines is 2. The summed E-state index contributed by atoms with van der Waals surface area (Å²) >= 11 is 3.22. The van der Waals surface area contributed by atoms with E-state index in [-0.39, 0.29) is 11.7 Å². The monoisotopic (exact) mass is 345 g/mol. The van der Waals surface area contributed by atoms with Crippen LogP contribution in [0.15, 0.2) is 50.2 Å². The lowest BCUT2D eigenvalue weighted by molar-refractivity contribution is 0.619. The second-order valence-corrected chi connectivity index (χ2v) is 5.96. The van der Waals surface area contributed by atoms with Crippen LogP contribution in [0.4, 0.5) is 4.39 Å². The number of halogens is 2. The third-order valence-corrected chi connectivity index (χ3v) is 4.42. The number of benzene rings is 1. The third kappa shape index (κ3) is 2.40. The van der Waals surface area contributed by atoms with Gasteiger partial charge in [-0.05, 0) is 40.5 Å². The van der Waals surface area contributed by atoms with E-state index in [0.717, 1.165) is 35.5 Å². The maximum Gasteiger partial charge on any atom is 0.137 e. The van der Waals surface area contributed by atoms with Gasteiger partial charge < -0.3 is 5.32 Å². The number of hydrogen-bond acceptors (Lipinski definition) is 3. The Hall–Kier alpha value is -1.93. The van der Waals surface area contributed by atoms with Crippen molar-refractivity contribution < 1.29 is 4.39 Å².